The van der Waals surface area contributed by atoms with Crippen LogP contribution in [0.15, 0.2) is 41.0 Å². The number of hydrogen-bond acceptors (Lipinski definition) is 5. The van der Waals surface area contributed by atoms with E-state index in [9.17, 15) is 0 Å². The van der Waals surface area contributed by atoms with Crippen molar-refractivity contribution in [1.82, 2.24) is 10.2 Å². The van der Waals surface area contributed by atoms with Crippen LogP contribution >= 0.6 is 0 Å². The Morgan fingerprint density at radius 2 is 1.95 bits per heavy atom. The van der Waals surface area contributed by atoms with Crippen LogP contribution in [0.1, 0.15) is 0 Å². The van der Waals surface area contributed by atoms with Crippen LogP contribution in [0.4, 0.5) is 5.82 Å². The monoisotopic (exact) mass is 285 g/mol. The van der Waals surface area contributed by atoms with Gasteiger partial charge in [-0.25, -0.2) is 0 Å². The molecular weight excluding hydrogens is 270 g/mol. The third-order valence-corrected chi connectivity index (χ3v) is 3.23. The summed E-state index contributed by atoms with van der Waals surface area (Å²) in [6, 6.07) is 9.23. The van der Waals surface area contributed by atoms with Crippen molar-refractivity contribution in [3.05, 3.63) is 36.6 Å². The Kier molecular flexibility index (Phi) is 3.27. The van der Waals surface area contributed by atoms with Crippen LogP contribution in [-0.4, -0.2) is 24.4 Å². The van der Waals surface area contributed by atoms with E-state index in [4.69, 9.17) is 19.6 Å². The van der Waals surface area contributed by atoms with E-state index in [1.807, 2.05) is 30.3 Å². The lowest BCUT2D eigenvalue weighted by molar-refractivity contribution is 0.355. The lowest BCUT2D eigenvalue weighted by Gasteiger charge is -2.10. The van der Waals surface area contributed by atoms with Crippen molar-refractivity contribution in [2.75, 3.05) is 20.0 Å². The average Bonchev–Trinajstić information content (AvgIpc) is 3.15. The minimum atomic E-state index is 0.397. The number of aromatic nitrogens is 2. The Labute approximate surface area is 121 Å². The van der Waals surface area contributed by atoms with Gasteiger partial charge in [0.2, 0.25) is 0 Å². The Morgan fingerprint density at radius 3 is 2.62 bits per heavy atom. The highest BCUT2D eigenvalue weighted by atomic mass is 16.5. The van der Waals surface area contributed by atoms with Crippen molar-refractivity contribution in [2.24, 2.45) is 0 Å². The maximum absolute atomic E-state index is 5.99. The lowest BCUT2D eigenvalue weighted by atomic mass is 10.0. The number of rotatable bonds is 4. The van der Waals surface area contributed by atoms with Gasteiger partial charge in [0.25, 0.3) is 0 Å². The molecule has 0 amide bonds. The summed E-state index contributed by atoms with van der Waals surface area (Å²) >= 11 is 0. The molecule has 0 saturated heterocycles. The molecule has 0 bridgehead atoms. The molecule has 6 heteroatoms. The minimum absolute atomic E-state index is 0.397. The molecule has 1 aromatic carbocycles. The fourth-order valence-electron chi connectivity index (χ4n) is 2.24. The van der Waals surface area contributed by atoms with Crippen molar-refractivity contribution in [1.29, 1.82) is 0 Å². The number of nitrogens with zero attached hydrogens (tertiary/aromatic N) is 1. The van der Waals surface area contributed by atoms with Gasteiger partial charge in [0.15, 0.2) is 23.1 Å². The first kappa shape index (κ1) is 13.1. The first-order valence-electron chi connectivity index (χ1n) is 6.34. The van der Waals surface area contributed by atoms with Gasteiger partial charge in [0, 0.05) is 0 Å². The zero-order chi connectivity index (χ0) is 14.8. The van der Waals surface area contributed by atoms with E-state index in [0.29, 0.717) is 23.1 Å². The molecule has 0 unspecified atom stereocenters. The number of nitrogen functional groups attached to an aromatic ring is 1. The van der Waals surface area contributed by atoms with Gasteiger partial charge in [-0.15, -0.1) is 0 Å². The molecule has 21 heavy (non-hydrogen) atoms. The third kappa shape index (κ3) is 2.20. The predicted molar refractivity (Wildman–Crippen MR) is 79.2 cm³/mol. The Balaban J connectivity index is 2.15. The van der Waals surface area contributed by atoms with Crippen LogP contribution in [-0.2, 0) is 0 Å². The first-order chi connectivity index (χ1) is 10.2. The van der Waals surface area contributed by atoms with Gasteiger partial charge in [0.05, 0.1) is 26.0 Å². The molecule has 6 nitrogen and oxygen atoms in total. The summed E-state index contributed by atoms with van der Waals surface area (Å²) in [6.45, 7) is 0. The Bertz CT molecular complexity index is 748. The van der Waals surface area contributed by atoms with E-state index in [1.54, 1.807) is 20.5 Å². The van der Waals surface area contributed by atoms with Gasteiger partial charge in [-0.2, -0.15) is 5.10 Å². The fourth-order valence-corrected chi connectivity index (χ4v) is 2.24. The van der Waals surface area contributed by atoms with Crippen molar-refractivity contribution in [3.8, 4) is 34.1 Å². The summed E-state index contributed by atoms with van der Waals surface area (Å²) < 4.78 is 16.0. The normalized spacial score (nSPS) is 10.6. The Hall–Kier alpha value is -2.89. The number of benzene rings is 1. The minimum Gasteiger partial charge on any atom is -0.493 e. The van der Waals surface area contributed by atoms with Gasteiger partial charge >= 0.3 is 0 Å². The SMILES string of the molecule is COc1ccc(-c2c(N)n[nH]c2-c2ccco2)cc1OC. The fraction of sp³-hybridized carbons (Fsp3) is 0.133. The number of nitrogens with one attached hydrogen (secondary N) is 1. The largest absolute Gasteiger partial charge is 0.493 e. The van der Waals surface area contributed by atoms with E-state index in [-0.39, 0.29) is 0 Å². The summed E-state index contributed by atoms with van der Waals surface area (Å²) in [6.07, 6.45) is 1.60. The van der Waals surface area contributed by atoms with E-state index in [0.717, 1.165) is 16.8 Å². The molecular formula is C15H15N3O3. The molecule has 0 atom stereocenters. The zero-order valence-electron chi connectivity index (χ0n) is 11.7. The molecule has 0 aliphatic rings. The maximum Gasteiger partial charge on any atom is 0.161 e. The molecule has 2 aromatic heterocycles. The summed E-state index contributed by atoms with van der Waals surface area (Å²) in [7, 11) is 3.19. The highest BCUT2D eigenvalue weighted by Gasteiger charge is 2.18. The van der Waals surface area contributed by atoms with Gasteiger partial charge in [-0.3, -0.25) is 5.10 Å². The summed E-state index contributed by atoms with van der Waals surface area (Å²) in [5.41, 5.74) is 8.35. The molecule has 108 valence electrons. The van der Waals surface area contributed by atoms with Crippen LogP contribution in [0.5, 0.6) is 11.5 Å². The molecule has 0 fully saturated rings. The maximum atomic E-state index is 5.99. The molecule has 0 aliphatic heterocycles. The molecule has 0 aliphatic carbocycles. The van der Waals surface area contributed by atoms with Gasteiger partial charge in [-0.1, -0.05) is 6.07 Å². The molecule has 3 N–H and O–H groups in total. The number of ether oxygens (including phenoxy) is 2. The number of methoxy groups -OCH3 is 2. The first-order valence-corrected chi connectivity index (χ1v) is 6.34. The van der Waals surface area contributed by atoms with Crippen LogP contribution in [0, 0.1) is 0 Å². The number of hydrogen-bond donors (Lipinski definition) is 2. The van der Waals surface area contributed by atoms with Crippen LogP contribution < -0.4 is 15.2 Å². The summed E-state index contributed by atoms with van der Waals surface area (Å²) in [5.74, 6) is 2.35. The second-order valence-electron chi connectivity index (χ2n) is 4.41. The molecule has 3 aromatic rings. The second-order valence-corrected chi connectivity index (χ2v) is 4.41. The quantitative estimate of drug-likeness (QED) is 0.769. The van der Waals surface area contributed by atoms with Crippen molar-refractivity contribution in [3.63, 3.8) is 0 Å². The van der Waals surface area contributed by atoms with Gasteiger partial charge in [-0.05, 0) is 29.8 Å². The summed E-state index contributed by atoms with van der Waals surface area (Å²) in [5, 5.41) is 6.97. The smallest absolute Gasteiger partial charge is 0.161 e. The number of aromatic amines is 1. The van der Waals surface area contributed by atoms with E-state index in [2.05, 4.69) is 10.2 Å². The van der Waals surface area contributed by atoms with Crippen LogP contribution in [0.3, 0.4) is 0 Å². The number of nitrogens with two attached hydrogens (primary N) is 1. The number of H-pyrrole nitrogens is 1. The number of anilines is 1. The lowest BCUT2D eigenvalue weighted by Crippen LogP contribution is -1.93. The second kappa shape index (κ2) is 5.24. The third-order valence-electron chi connectivity index (χ3n) is 3.23. The topological polar surface area (TPSA) is 86.3 Å². The van der Waals surface area contributed by atoms with Crippen LogP contribution in [0.25, 0.3) is 22.6 Å². The predicted octanol–water partition coefficient (Wildman–Crippen LogP) is 2.94. The average molecular weight is 285 g/mol. The summed E-state index contributed by atoms with van der Waals surface area (Å²) in [4.78, 5) is 0. The van der Waals surface area contributed by atoms with E-state index < -0.39 is 0 Å². The van der Waals surface area contributed by atoms with E-state index in [1.165, 1.54) is 0 Å². The molecule has 2 heterocycles. The Morgan fingerprint density at radius 1 is 1.14 bits per heavy atom. The number of furan rings is 1. The standard InChI is InChI=1S/C15H15N3O3/c1-19-10-6-5-9(8-12(10)20-2)13-14(17-18-15(13)16)11-4-3-7-21-11/h3-8H,1-2H3,(H3,16,17,18). The highest BCUT2D eigenvalue weighted by molar-refractivity contribution is 5.87. The van der Waals surface area contributed by atoms with E-state index >= 15 is 0 Å². The van der Waals surface area contributed by atoms with Crippen LogP contribution in [0.2, 0.25) is 0 Å². The van der Waals surface area contributed by atoms with Crippen molar-refractivity contribution in [2.45, 2.75) is 0 Å². The highest BCUT2D eigenvalue weighted by Crippen LogP contribution is 2.38. The van der Waals surface area contributed by atoms with Crippen molar-refractivity contribution >= 4 is 5.82 Å². The molecule has 0 saturated carbocycles. The van der Waals surface area contributed by atoms with Gasteiger partial charge < -0.3 is 19.6 Å². The molecule has 3 rings (SSSR count). The van der Waals surface area contributed by atoms with Gasteiger partial charge in [0.1, 0.15) is 5.69 Å². The van der Waals surface area contributed by atoms with Crippen molar-refractivity contribution < 1.29 is 13.9 Å². The molecule has 0 radical (unpaired) electrons. The zero-order valence-corrected chi connectivity index (χ0v) is 11.7. The molecule has 0 spiro atoms.